The van der Waals surface area contributed by atoms with Crippen molar-refractivity contribution in [1.29, 1.82) is 0 Å². The van der Waals surface area contributed by atoms with E-state index in [9.17, 15) is 4.79 Å². The summed E-state index contributed by atoms with van der Waals surface area (Å²) in [5.74, 6) is -0.0577. The van der Waals surface area contributed by atoms with Gasteiger partial charge in [-0.15, -0.1) is 0 Å². The van der Waals surface area contributed by atoms with E-state index in [1.807, 2.05) is 37.3 Å². The van der Waals surface area contributed by atoms with Gasteiger partial charge in [-0.25, -0.2) is 0 Å². The van der Waals surface area contributed by atoms with E-state index in [0.29, 0.717) is 0 Å². The average molecular weight is 232 g/mol. The first-order valence-corrected chi connectivity index (χ1v) is 5.74. The molecule has 0 aliphatic rings. The van der Waals surface area contributed by atoms with Crippen molar-refractivity contribution in [2.24, 2.45) is 0 Å². The normalized spacial score (nSPS) is 10.1. The van der Waals surface area contributed by atoms with Gasteiger partial charge in [-0.2, -0.15) is 4.37 Å². The molecule has 2 aromatic rings. The van der Waals surface area contributed by atoms with Crippen molar-refractivity contribution in [3.05, 3.63) is 36.0 Å². The van der Waals surface area contributed by atoms with Crippen molar-refractivity contribution in [3.8, 4) is 10.4 Å². The van der Waals surface area contributed by atoms with Crippen LogP contribution in [-0.2, 0) is 4.79 Å². The Hall–Kier alpha value is -1.68. The van der Waals surface area contributed by atoms with Crippen LogP contribution in [0.3, 0.4) is 0 Å². The highest BCUT2D eigenvalue weighted by atomic mass is 32.1. The fourth-order valence-electron chi connectivity index (χ4n) is 1.45. The molecule has 0 aliphatic carbocycles. The third kappa shape index (κ3) is 2.46. The summed E-state index contributed by atoms with van der Waals surface area (Å²) in [4.78, 5) is 12.1. The Balaban J connectivity index is 2.32. The summed E-state index contributed by atoms with van der Waals surface area (Å²) >= 11 is 1.47. The van der Waals surface area contributed by atoms with Gasteiger partial charge in [0.1, 0.15) is 0 Å². The molecule has 0 bridgehead atoms. The second-order valence-corrected chi connectivity index (χ2v) is 4.40. The summed E-state index contributed by atoms with van der Waals surface area (Å²) in [5.41, 5.74) is 2.91. The van der Waals surface area contributed by atoms with Gasteiger partial charge < -0.3 is 5.32 Å². The number of hydrogen-bond donors (Lipinski definition) is 1. The maximum atomic E-state index is 10.9. The first kappa shape index (κ1) is 10.8. The second kappa shape index (κ2) is 4.45. The number of carbonyl (C=O) groups is 1. The van der Waals surface area contributed by atoms with E-state index in [1.165, 1.54) is 18.5 Å². The number of nitrogens with zero attached hydrogens (tertiary/aromatic N) is 1. The number of benzene rings is 1. The van der Waals surface area contributed by atoms with E-state index in [2.05, 4.69) is 9.69 Å². The van der Waals surface area contributed by atoms with Crippen LogP contribution in [0.2, 0.25) is 0 Å². The summed E-state index contributed by atoms with van der Waals surface area (Å²) in [6.07, 6.45) is 0. The van der Waals surface area contributed by atoms with E-state index >= 15 is 0 Å². The largest absolute Gasteiger partial charge is 0.326 e. The van der Waals surface area contributed by atoms with E-state index in [1.54, 1.807) is 0 Å². The van der Waals surface area contributed by atoms with E-state index in [-0.39, 0.29) is 5.91 Å². The summed E-state index contributed by atoms with van der Waals surface area (Å²) in [6, 6.07) is 9.80. The van der Waals surface area contributed by atoms with E-state index < -0.39 is 0 Å². The molecule has 0 aliphatic heterocycles. The Labute approximate surface area is 98.3 Å². The predicted octanol–water partition coefficient (Wildman–Crippen LogP) is 3.08. The number of anilines is 1. The minimum atomic E-state index is -0.0577. The lowest BCUT2D eigenvalue weighted by molar-refractivity contribution is -0.114. The molecule has 0 spiro atoms. The van der Waals surface area contributed by atoms with Gasteiger partial charge in [0.05, 0.1) is 10.6 Å². The van der Waals surface area contributed by atoms with Gasteiger partial charge in [-0.1, -0.05) is 12.1 Å². The van der Waals surface area contributed by atoms with E-state index in [4.69, 9.17) is 0 Å². The van der Waals surface area contributed by atoms with Crippen molar-refractivity contribution in [2.75, 3.05) is 5.32 Å². The number of aromatic nitrogens is 1. The van der Waals surface area contributed by atoms with Crippen LogP contribution < -0.4 is 5.32 Å². The Morgan fingerprint density at radius 2 is 2.19 bits per heavy atom. The number of carbonyl (C=O) groups excluding carboxylic acids is 1. The molecule has 1 amide bonds. The maximum Gasteiger partial charge on any atom is 0.221 e. The van der Waals surface area contributed by atoms with Crippen LogP contribution >= 0.6 is 11.5 Å². The fraction of sp³-hybridized carbons (Fsp3) is 0.167. The highest BCUT2D eigenvalue weighted by molar-refractivity contribution is 7.09. The quantitative estimate of drug-likeness (QED) is 0.864. The zero-order valence-electron chi connectivity index (χ0n) is 9.15. The molecule has 2 rings (SSSR count). The minimum absolute atomic E-state index is 0.0577. The van der Waals surface area contributed by atoms with Crippen LogP contribution in [0.25, 0.3) is 10.4 Å². The first-order valence-electron chi connectivity index (χ1n) is 4.96. The summed E-state index contributed by atoms with van der Waals surface area (Å²) < 4.78 is 4.24. The molecular weight excluding hydrogens is 220 g/mol. The smallest absolute Gasteiger partial charge is 0.221 e. The van der Waals surface area contributed by atoms with Crippen LogP contribution in [0.4, 0.5) is 5.69 Å². The minimum Gasteiger partial charge on any atom is -0.326 e. The van der Waals surface area contributed by atoms with Crippen molar-refractivity contribution in [1.82, 2.24) is 4.37 Å². The first-order chi connectivity index (χ1) is 7.65. The number of aryl methyl sites for hydroxylation is 1. The molecule has 1 N–H and O–H groups in total. The molecule has 0 unspecified atom stereocenters. The molecule has 0 atom stereocenters. The number of rotatable bonds is 2. The average Bonchev–Trinajstić information content (AvgIpc) is 2.64. The predicted molar refractivity (Wildman–Crippen MR) is 66.6 cm³/mol. The molecular formula is C12H12N2OS. The van der Waals surface area contributed by atoms with Gasteiger partial charge >= 0.3 is 0 Å². The highest BCUT2D eigenvalue weighted by Crippen LogP contribution is 2.26. The topological polar surface area (TPSA) is 42.0 Å². The molecule has 0 fully saturated rings. The van der Waals surface area contributed by atoms with Gasteiger partial charge in [0.15, 0.2) is 0 Å². The zero-order chi connectivity index (χ0) is 11.5. The van der Waals surface area contributed by atoms with Gasteiger partial charge in [0.2, 0.25) is 5.91 Å². The van der Waals surface area contributed by atoms with Crippen molar-refractivity contribution < 1.29 is 4.79 Å². The lowest BCUT2D eigenvalue weighted by Gasteiger charge is -2.03. The van der Waals surface area contributed by atoms with Crippen LogP contribution in [0.15, 0.2) is 30.3 Å². The zero-order valence-corrected chi connectivity index (χ0v) is 9.97. The molecule has 1 heterocycles. The van der Waals surface area contributed by atoms with Crippen LogP contribution in [0.1, 0.15) is 12.6 Å². The fourth-order valence-corrected chi connectivity index (χ4v) is 2.20. The molecule has 0 saturated carbocycles. The molecule has 82 valence electrons. The molecule has 1 aromatic heterocycles. The summed E-state index contributed by atoms with van der Waals surface area (Å²) in [7, 11) is 0. The van der Waals surface area contributed by atoms with Crippen LogP contribution in [0.5, 0.6) is 0 Å². The SMILES string of the molecule is CC(=O)Nc1cccc(-c2cc(C)ns2)c1. The lowest BCUT2D eigenvalue weighted by Crippen LogP contribution is -2.05. The Morgan fingerprint density at radius 1 is 1.38 bits per heavy atom. The number of hydrogen-bond acceptors (Lipinski definition) is 3. The van der Waals surface area contributed by atoms with Gasteiger partial charge in [0.25, 0.3) is 0 Å². The molecule has 0 saturated heterocycles. The third-order valence-corrected chi connectivity index (χ3v) is 3.02. The Morgan fingerprint density at radius 3 is 2.81 bits per heavy atom. The maximum absolute atomic E-state index is 10.9. The van der Waals surface area contributed by atoms with Crippen molar-refractivity contribution in [3.63, 3.8) is 0 Å². The lowest BCUT2D eigenvalue weighted by atomic mass is 10.1. The second-order valence-electron chi connectivity index (χ2n) is 3.59. The Kier molecular flexibility index (Phi) is 3.01. The monoisotopic (exact) mass is 232 g/mol. The molecule has 0 radical (unpaired) electrons. The molecule has 1 aromatic carbocycles. The molecule has 16 heavy (non-hydrogen) atoms. The summed E-state index contributed by atoms with van der Waals surface area (Å²) in [5, 5.41) is 2.77. The molecule has 3 nitrogen and oxygen atoms in total. The highest BCUT2D eigenvalue weighted by Gasteiger charge is 2.03. The van der Waals surface area contributed by atoms with Crippen LogP contribution in [0, 0.1) is 6.92 Å². The van der Waals surface area contributed by atoms with Crippen molar-refractivity contribution in [2.45, 2.75) is 13.8 Å². The van der Waals surface area contributed by atoms with Gasteiger partial charge in [0, 0.05) is 12.6 Å². The van der Waals surface area contributed by atoms with Crippen LogP contribution in [-0.4, -0.2) is 10.3 Å². The van der Waals surface area contributed by atoms with E-state index in [0.717, 1.165) is 21.8 Å². The van der Waals surface area contributed by atoms with Gasteiger partial charge in [-0.05, 0) is 42.2 Å². The molecule has 4 heteroatoms. The summed E-state index contributed by atoms with van der Waals surface area (Å²) in [6.45, 7) is 3.47. The number of nitrogens with one attached hydrogen (secondary N) is 1. The number of amides is 1. The Bertz CT molecular complexity index is 519. The van der Waals surface area contributed by atoms with Crippen molar-refractivity contribution >= 4 is 23.1 Å². The van der Waals surface area contributed by atoms with Gasteiger partial charge in [-0.3, -0.25) is 4.79 Å². The third-order valence-electron chi connectivity index (χ3n) is 2.10. The standard InChI is InChI=1S/C12H12N2OS/c1-8-6-12(16-14-8)10-4-3-5-11(7-10)13-9(2)15/h3-7H,1-2H3,(H,13,15).